The topological polar surface area (TPSA) is 37.8 Å². The summed E-state index contributed by atoms with van der Waals surface area (Å²) in [5, 5.41) is 3.52. The molecule has 3 nitrogen and oxygen atoms in total. The highest BCUT2D eigenvalue weighted by atomic mass is 32.2. The highest BCUT2D eigenvalue weighted by molar-refractivity contribution is 7.99. The van der Waals surface area contributed by atoms with Crippen LogP contribution in [0.3, 0.4) is 0 Å². The molecule has 0 amide bonds. The van der Waals surface area contributed by atoms with Gasteiger partial charge in [-0.05, 0) is 12.8 Å². The van der Waals surface area contributed by atoms with Gasteiger partial charge in [0.2, 0.25) is 0 Å². The Morgan fingerprint density at radius 3 is 2.67 bits per heavy atom. The number of nitrogens with zero attached hydrogens (tertiary/aromatic N) is 2. The van der Waals surface area contributed by atoms with Crippen LogP contribution >= 0.6 is 11.8 Å². The second-order valence-corrected chi connectivity index (χ2v) is 6.84. The second kappa shape index (κ2) is 6.12. The lowest BCUT2D eigenvalue weighted by Gasteiger charge is -2.21. The van der Waals surface area contributed by atoms with E-state index in [9.17, 15) is 13.2 Å². The van der Waals surface area contributed by atoms with Gasteiger partial charge in [-0.3, -0.25) is 0 Å². The molecule has 116 valence electrons. The Morgan fingerprint density at radius 1 is 1.19 bits per heavy atom. The number of halogens is 3. The van der Waals surface area contributed by atoms with Crippen molar-refractivity contribution in [1.82, 2.24) is 15.3 Å². The Balaban J connectivity index is 1.83. The number of hydrogen-bond donors (Lipinski definition) is 1. The lowest BCUT2D eigenvalue weighted by molar-refractivity contribution is -0.142. The lowest BCUT2D eigenvalue weighted by atomic mass is 10.0. The summed E-state index contributed by atoms with van der Waals surface area (Å²) in [4.78, 5) is 8.20. The van der Waals surface area contributed by atoms with Crippen molar-refractivity contribution in [3.63, 3.8) is 0 Å². The van der Waals surface area contributed by atoms with Crippen molar-refractivity contribution < 1.29 is 13.2 Å². The van der Waals surface area contributed by atoms with E-state index in [1.54, 1.807) is 11.8 Å². The maximum Gasteiger partial charge on any atom is 0.433 e. The Bertz CT molecular complexity index is 513. The van der Waals surface area contributed by atoms with Gasteiger partial charge >= 0.3 is 6.18 Å². The number of alkyl halides is 3. The quantitative estimate of drug-likeness (QED) is 0.928. The molecule has 1 fully saturated rings. The number of hydrogen-bond acceptors (Lipinski definition) is 4. The molecule has 0 aromatic carbocycles. The summed E-state index contributed by atoms with van der Waals surface area (Å²) in [7, 11) is 0. The summed E-state index contributed by atoms with van der Waals surface area (Å²) < 4.78 is 39.5. The fourth-order valence-corrected chi connectivity index (χ4v) is 4.12. The molecular weight excluding hydrogens is 299 g/mol. The summed E-state index contributed by atoms with van der Waals surface area (Å²) in [5.74, 6) is 0.814. The van der Waals surface area contributed by atoms with Gasteiger partial charge in [-0.15, -0.1) is 0 Å². The Kier molecular flexibility index (Phi) is 4.40. The SMILES string of the molecule is FC(F)(F)c1nc(CSC2CCCC2)nc2c1CNCC2. The first kappa shape index (κ1) is 15.1. The van der Waals surface area contributed by atoms with Gasteiger partial charge in [-0.2, -0.15) is 24.9 Å². The molecule has 7 heteroatoms. The van der Waals surface area contributed by atoms with E-state index in [-0.39, 0.29) is 12.1 Å². The molecule has 1 saturated carbocycles. The molecule has 1 N–H and O–H groups in total. The van der Waals surface area contributed by atoms with Crippen LogP contribution in [0.5, 0.6) is 0 Å². The first-order chi connectivity index (χ1) is 10.0. The first-order valence-corrected chi connectivity index (χ1v) is 8.37. The first-order valence-electron chi connectivity index (χ1n) is 7.32. The van der Waals surface area contributed by atoms with Crippen molar-refractivity contribution in [3.8, 4) is 0 Å². The number of nitrogens with one attached hydrogen (secondary N) is 1. The van der Waals surface area contributed by atoms with Crippen LogP contribution in [0.25, 0.3) is 0 Å². The molecule has 0 atom stereocenters. The zero-order valence-corrected chi connectivity index (χ0v) is 12.5. The predicted octanol–water partition coefficient (Wildman–Crippen LogP) is 3.32. The normalized spacial score (nSPS) is 19.8. The van der Waals surface area contributed by atoms with E-state index in [4.69, 9.17) is 0 Å². The third-order valence-electron chi connectivity index (χ3n) is 4.00. The third kappa shape index (κ3) is 3.51. The van der Waals surface area contributed by atoms with E-state index in [1.165, 1.54) is 12.8 Å². The largest absolute Gasteiger partial charge is 0.433 e. The maximum atomic E-state index is 13.2. The fourth-order valence-electron chi connectivity index (χ4n) is 2.94. The van der Waals surface area contributed by atoms with Crippen LogP contribution in [0.15, 0.2) is 0 Å². The molecule has 3 rings (SSSR count). The molecule has 0 unspecified atom stereocenters. The van der Waals surface area contributed by atoms with Crippen molar-refractivity contribution in [2.24, 2.45) is 0 Å². The summed E-state index contributed by atoms with van der Waals surface area (Å²) in [6, 6.07) is 0. The molecule has 1 aromatic rings. The number of aromatic nitrogens is 2. The molecule has 1 aliphatic heterocycles. The molecule has 1 aromatic heterocycles. The van der Waals surface area contributed by atoms with Gasteiger partial charge in [0.05, 0.1) is 11.4 Å². The smallest absolute Gasteiger partial charge is 0.312 e. The number of rotatable bonds is 3. The minimum atomic E-state index is -4.40. The molecule has 0 radical (unpaired) electrons. The van der Waals surface area contributed by atoms with Crippen LogP contribution in [0.1, 0.15) is 48.5 Å². The van der Waals surface area contributed by atoms with E-state index < -0.39 is 11.9 Å². The van der Waals surface area contributed by atoms with E-state index in [0.717, 1.165) is 12.8 Å². The van der Waals surface area contributed by atoms with E-state index in [1.807, 2.05) is 0 Å². The summed E-state index contributed by atoms with van der Waals surface area (Å²) in [6.45, 7) is 0.886. The molecule has 21 heavy (non-hydrogen) atoms. The zero-order chi connectivity index (χ0) is 14.9. The van der Waals surface area contributed by atoms with Crippen LogP contribution < -0.4 is 5.32 Å². The maximum absolute atomic E-state index is 13.2. The fraction of sp³-hybridized carbons (Fsp3) is 0.714. The molecule has 0 saturated heterocycles. The van der Waals surface area contributed by atoms with Gasteiger partial charge in [-0.1, -0.05) is 12.8 Å². The molecule has 2 aliphatic rings. The van der Waals surface area contributed by atoms with E-state index in [2.05, 4.69) is 15.3 Å². The molecule has 2 heterocycles. The summed E-state index contributed by atoms with van der Waals surface area (Å²) >= 11 is 1.70. The number of thioether (sulfide) groups is 1. The van der Waals surface area contributed by atoms with Gasteiger partial charge < -0.3 is 5.32 Å². The van der Waals surface area contributed by atoms with Crippen LogP contribution in [0.4, 0.5) is 13.2 Å². The molecule has 1 aliphatic carbocycles. The van der Waals surface area contributed by atoms with Gasteiger partial charge in [0.15, 0.2) is 5.69 Å². The summed E-state index contributed by atoms with van der Waals surface area (Å²) in [5.41, 5.74) is 0.0446. The zero-order valence-electron chi connectivity index (χ0n) is 11.7. The highest BCUT2D eigenvalue weighted by Gasteiger charge is 2.38. The predicted molar refractivity (Wildman–Crippen MR) is 76.0 cm³/mol. The molecule has 0 bridgehead atoms. The van der Waals surface area contributed by atoms with Crippen molar-refractivity contribution in [3.05, 3.63) is 22.8 Å². The van der Waals surface area contributed by atoms with Crippen molar-refractivity contribution in [2.45, 2.75) is 55.8 Å². The highest BCUT2D eigenvalue weighted by Crippen LogP contribution is 2.34. The summed E-state index contributed by atoms with van der Waals surface area (Å²) in [6.07, 6.45) is 0.905. The lowest BCUT2D eigenvalue weighted by Crippen LogP contribution is -2.29. The standard InChI is InChI=1S/C14H18F3N3S/c15-14(16,17)13-10-7-18-6-5-11(10)19-12(20-13)8-21-9-3-1-2-4-9/h9,18H,1-8H2. The van der Waals surface area contributed by atoms with Gasteiger partial charge in [-0.25, -0.2) is 9.97 Å². The van der Waals surface area contributed by atoms with Crippen molar-refractivity contribution in [2.75, 3.05) is 6.54 Å². The minimum absolute atomic E-state index is 0.209. The monoisotopic (exact) mass is 317 g/mol. The number of fused-ring (bicyclic) bond motifs is 1. The minimum Gasteiger partial charge on any atom is -0.312 e. The molecular formula is C14H18F3N3S. The van der Waals surface area contributed by atoms with E-state index >= 15 is 0 Å². The van der Waals surface area contributed by atoms with Crippen LogP contribution in [-0.4, -0.2) is 21.8 Å². The second-order valence-electron chi connectivity index (χ2n) is 5.56. The third-order valence-corrected chi connectivity index (χ3v) is 5.37. The van der Waals surface area contributed by atoms with Gasteiger partial charge in [0, 0.05) is 30.3 Å². The van der Waals surface area contributed by atoms with Crippen LogP contribution in [0, 0.1) is 0 Å². The Labute approximate surface area is 126 Å². The Morgan fingerprint density at radius 2 is 1.95 bits per heavy atom. The average molecular weight is 317 g/mol. The van der Waals surface area contributed by atoms with E-state index in [0.29, 0.717) is 35.5 Å². The van der Waals surface area contributed by atoms with Crippen molar-refractivity contribution >= 4 is 11.8 Å². The molecule has 0 spiro atoms. The van der Waals surface area contributed by atoms with Crippen LogP contribution in [-0.2, 0) is 24.9 Å². The van der Waals surface area contributed by atoms with Crippen LogP contribution in [0.2, 0.25) is 0 Å². The Hall–Kier alpha value is -0.820. The average Bonchev–Trinajstić information content (AvgIpc) is 2.96. The van der Waals surface area contributed by atoms with Gasteiger partial charge in [0.1, 0.15) is 5.82 Å². The van der Waals surface area contributed by atoms with Gasteiger partial charge in [0.25, 0.3) is 0 Å². The van der Waals surface area contributed by atoms with Crippen molar-refractivity contribution in [1.29, 1.82) is 0 Å².